The van der Waals surface area contributed by atoms with Gasteiger partial charge in [0.15, 0.2) is 5.11 Å². The van der Waals surface area contributed by atoms with Crippen molar-refractivity contribution in [2.75, 3.05) is 10.6 Å². The minimum Gasteiger partial charge on any atom is -0.490 e. The lowest BCUT2D eigenvalue weighted by atomic mass is 10.1. The van der Waals surface area contributed by atoms with Gasteiger partial charge in [0.1, 0.15) is 11.6 Å². The minimum absolute atomic E-state index is 0.0745. The molecule has 0 heterocycles. The molecule has 3 aromatic carbocycles. The number of anilines is 2. The topological polar surface area (TPSA) is 79.5 Å². The van der Waals surface area contributed by atoms with Crippen LogP contribution in [-0.2, 0) is 0 Å². The average molecular weight is 452 g/mol. The third kappa shape index (κ3) is 6.36. The molecule has 0 atom stereocenters. The van der Waals surface area contributed by atoms with Crippen molar-refractivity contribution in [2.24, 2.45) is 0 Å². The van der Waals surface area contributed by atoms with Gasteiger partial charge in [-0.15, -0.1) is 0 Å². The smallest absolute Gasteiger partial charge is 0.261 e. The van der Waals surface area contributed by atoms with E-state index in [4.69, 9.17) is 17.0 Å². The Bertz CT molecular complexity index is 1130. The second-order valence-electron chi connectivity index (χ2n) is 7.11. The monoisotopic (exact) mass is 451 g/mol. The first-order chi connectivity index (χ1) is 15.3. The number of carbonyl (C=O) groups excluding carboxylic acids is 2. The minimum atomic E-state index is -0.413. The van der Waals surface area contributed by atoms with Crippen LogP contribution in [0, 0.1) is 5.82 Å². The molecular formula is C24H22FN3O3S. The number of halogens is 1. The fourth-order valence-corrected chi connectivity index (χ4v) is 3.03. The Morgan fingerprint density at radius 2 is 1.59 bits per heavy atom. The Hall–Kier alpha value is -3.78. The van der Waals surface area contributed by atoms with Gasteiger partial charge in [-0.1, -0.05) is 18.2 Å². The standard InChI is InChI=1S/C24H22FN3O3S/c1-15(2)31-21-9-4-3-8-20(21)23(30)28-24(32)27-19-7-5-6-16(14-19)22(29)26-18-12-10-17(25)11-13-18/h3-15H,1-2H3,(H,26,29)(H2,27,28,30,32). The van der Waals surface area contributed by atoms with Gasteiger partial charge in [0.25, 0.3) is 11.8 Å². The summed E-state index contributed by atoms with van der Waals surface area (Å²) in [5.74, 6) is -0.704. The summed E-state index contributed by atoms with van der Waals surface area (Å²) >= 11 is 5.25. The molecule has 164 valence electrons. The van der Waals surface area contributed by atoms with Crippen molar-refractivity contribution in [2.45, 2.75) is 20.0 Å². The van der Waals surface area contributed by atoms with Crippen LogP contribution in [0.15, 0.2) is 72.8 Å². The zero-order valence-electron chi connectivity index (χ0n) is 17.5. The normalized spacial score (nSPS) is 10.4. The van der Waals surface area contributed by atoms with Gasteiger partial charge in [-0.05, 0) is 80.7 Å². The number of ether oxygens (including phenoxy) is 1. The Morgan fingerprint density at radius 1 is 0.875 bits per heavy atom. The van der Waals surface area contributed by atoms with E-state index in [0.717, 1.165) is 0 Å². The molecule has 3 rings (SSSR count). The first-order valence-electron chi connectivity index (χ1n) is 9.87. The van der Waals surface area contributed by atoms with Crippen molar-refractivity contribution in [1.29, 1.82) is 0 Å². The van der Waals surface area contributed by atoms with E-state index >= 15 is 0 Å². The van der Waals surface area contributed by atoms with Gasteiger partial charge in [0, 0.05) is 16.9 Å². The van der Waals surface area contributed by atoms with E-state index in [1.807, 2.05) is 13.8 Å². The molecular weight excluding hydrogens is 429 g/mol. The van der Waals surface area contributed by atoms with Gasteiger partial charge in [0.05, 0.1) is 11.7 Å². The largest absolute Gasteiger partial charge is 0.490 e. The van der Waals surface area contributed by atoms with Crippen LogP contribution in [0.4, 0.5) is 15.8 Å². The molecule has 0 unspecified atom stereocenters. The molecule has 0 saturated heterocycles. The number of amides is 2. The zero-order chi connectivity index (χ0) is 23.1. The molecule has 3 N–H and O–H groups in total. The Labute approximate surface area is 190 Å². The van der Waals surface area contributed by atoms with Crippen LogP contribution < -0.4 is 20.7 Å². The molecule has 0 aliphatic rings. The lowest BCUT2D eigenvalue weighted by Gasteiger charge is -2.15. The number of benzene rings is 3. The maximum Gasteiger partial charge on any atom is 0.261 e. The van der Waals surface area contributed by atoms with Crippen LogP contribution in [0.2, 0.25) is 0 Å². The predicted molar refractivity (Wildman–Crippen MR) is 127 cm³/mol. The molecule has 0 aliphatic heterocycles. The Morgan fingerprint density at radius 3 is 2.31 bits per heavy atom. The maximum atomic E-state index is 13.0. The van der Waals surface area contributed by atoms with Crippen LogP contribution in [0.3, 0.4) is 0 Å². The van der Waals surface area contributed by atoms with Crippen molar-refractivity contribution in [3.63, 3.8) is 0 Å². The van der Waals surface area contributed by atoms with Gasteiger partial charge >= 0.3 is 0 Å². The fourth-order valence-electron chi connectivity index (χ4n) is 2.82. The van der Waals surface area contributed by atoms with Crippen LogP contribution in [0.25, 0.3) is 0 Å². The van der Waals surface area contributed by atoms with E-state index in [0.29, 0.717) is 28.3 Å². The molecule has 0 saturated carbocycles. The number of nitrogens with one attached hydrogen (secondary N) is 3. The van der Waals surface area contributed by atoms with E-state index < -0.39 is 5.91 Å². The van der Waals surface area contributed by atoms with Gasteiger partial charge in [-0.25, -0.2) is 4.39 Å². The molecule has 0 aromatic heterocycles. The molecule has 0 aliphatic carbocycles. The lowest BCUT2D eigenvalue weighted by Crippen LogP contribution is -2.34. The summed E-state index contributed by atoms with van der Waals surface area (Å²) in [6.45, 7) is 3.75. The number of thiocarbonyl (C=S) groups is 1. The van der Waals surface area contributed by atoms with Crippen LogP contribution in [0.1, 0.15) is 34.6 Å². The highest BCUT2D eigenvalue weighted by atomic mass is 32.1. The lowest BCUT2D eigenvalue weighted by molar-refractivity contribution is 0.0970. The first-order valence-corrected chi connectivity index (χ1v) is 10.3. The van der Waals surface area contributed by atoms with Crippen molar-refractivity contribution in [1.82, 2.24) is 5.32 Å². The van der Waals surface area contributed by atoms with E-state index in [9.17, 15) is 14.0 Å². The molecule has 0 fully saturated rings. The second-order valence-corrected chi connectivity index (χ2v) is 7.52. The van der Waals surface area contributed by atoms with E-state index in [1.54, 1.807) is 48.5 Å². The Kier molecular flexibility index (Phi) is 7.51. The summed E-state index contributed by atoms with van der Waals surface area (Å²) in [5, 5.41) is 8.28. The third-order valence-corrected chi connectivity index (χ3v) is 4.41. The SMILES string of the molecule is CC(C)Oc1ccccc1C(=O)NC(=S)Nc1cccc(C(=O)Nc2ccc(F)cc2)c1. The third-order valence-electron chi connectivity index (χ3n) is 4.21. The van der Waals surface area contributed by atoms with Gasteiger partial charge in [-0.3, -0.25) is 14.9 Å². The summed E-state index contributed by atoms with van der Waals surface area (Å²) < 4.78 is 18.7. The van der Waals surface area contributed by atoms with E-state index in [2.05, 4.69) is 16.0 Å². The summed E-state index contributed by atoms with van der Waals surface area (Å²) in [5.41, 5.74) is 1.72. The molecule has 6 nitrogen and oxygen atoms in total. The molecule has 32 heavy (non-hydrogen) atoms. The highest BCUT2D eigenvalue weighted by molar-refractivity contribution is 7.80. The Balaban J connectivity index is 1.64. The summed E-state index contributed by atoms with van der Waals surface area (Å²) in [4.78, 5) is 25.1. The molecule has 0 radical (unpaired) electrons. The molecule has 8 heteroatoms. The number of hydrogen-bond donors (Lipinski definition) is 3. The molecule has 0 spiro atoms. The number of hydrogen-bond acceptors (Lipinski definition) is 4. The van der Waals surface area contributed by atoms with Crippen LogP contribution >= 0.6 is 12.2 Å². The first kappa shape index (κ1) is 22.9. The molecule has 2 amide bonds. The van der Waals surface area contributed by atoms with Gasteiger partial charge < -0.3 is 15.4 Å². The van der Waals surface area contributed by atoms with E-state index in [1.165, 1.54) is 24.3 Å². The quantitative estimate of drug-likeness (QED) is 0.460. The number of carbonyl (C=O) groups is 2. The van der Waals surface area contributed by atoms with Crippen molar-refractivity contribution in [3.05, 3.63) is 89.7 Å². The van der Waals surface area contributed by atoms with Crippen molar-refractivity contribution in [3.8, 4) is 5.75 Å². The highest BCUT2D eigenvalue weighted by Gasteiger charge is 2.15. The van der Waals surface area contributed by atoms with Crippen molar-refractivity contribution < 1.29 is 18.7 Å². The van der Waals surface area contributed by atoms with Crippen LogP contribution in [0.5, 0.6) is 5.75 Å². The maximum absolute atomic E-state index is 13.0. The van der Waals surface area contributed by atoms with Crippen LogP contribution in [-0.4, -0.2) is 23.0 Å². The summed E-state index contributed by atoms with van der Waals surface area (Å²) in [6, 6.07) is 19.0. The molecule has 3 aromatic rings. The highest BCUT2D eigenvalue weighted by Crippen LogP contribution is 2.19. The molecule has 0 bridgehead atoms. The predicted octanol–water partition coefficient (Wildman–Crippen LogP) is 4.99. The average Bonchev–Trinajstić information content (AvgIpc) is 2.75. The van der Waals surface area contributed by atoms with Gasteiger partial charge in [-0.2, -0.15) is 0 Å². The zero-order valence-corrected chi connectivity index (χ0v) is 18.3. The van der Waals surface area contributed by atoms with E-state index in [-0.39, 0.29) is 22.9 Å². The van der Waals surface area contributed by atoms with Crippen molar-refractivity contribution >= 4 is 40.5 Å². The number of para-hydroxylation sites is 1. The summed E-state index contributed by atoms with van der Waals surface area (Å²) in [7, 11) is 0. The summed E-state index contributed by atoms with van der Waals surface area (Å²) in [6.07, 6.45) is -0.0853. The van der Waals surface area contributed by atoms with Gasteiger partial charge in [0.2, 0.25) is 0 Å². The second kappa shape index (κ2) is 10.5. The fraction of sp³-hybridized carbons (Fsp3) is 0.125. The number of rotatable bonds is 6.